The first kappa shape index (κ1) is 26.1. The lowest BCUT2D eigenvalue weighted by atomic mass is 9.73. The summed E-state index contributed by atoms with van der Waals surface area (Å²) in [5.41, 5.74) is 9.96. The first-order chi connectivity index (χ1) is 22.1. The van der Waals surface area contributed by atoms with Crippen LogP contribution in [-0.4, -0.2) is 9.97 Å². The van der Waals surface area contributed by atoms with Gasteiger partial charge in [-0.15, -0.1) is 11.3 Å². The number of hydrogen-bond donors (Lipinski definition) is 0. The summed E-state index contributed by atoms with van der Waals surface area (Å²) >= 11 is 1.87. The highest BCUT2D eigenvalue weighted by Gasteiger charge is 2.37. The summed E-state index contributed by atoms with van der Waals surface area (Å²) in [6.45, 7) is 4.71. The maximum absolute atomic E-state index is 5.18. The smallest absolute Gasteiger partial charge is 0.160 e. The van der Waals surface area contributed by atoms with Crippen molar-refractivity contribution in [2.45, 2.75) is 19.3 Å². The Kier molecular flexibility index (Phi) is 5.71. The van der Waals surface area contributed by atoms with Gasteiger partial charge in [-0.2, -0.15) is 0 Å². The number of aromatic nitrogens is 2. The fourth-order valence-corrected chi connectivity index (χ4v) is 8.12. The minimum absolute atomic E-state index is 0.163. The highest BCUT2D eigenvalue weighted by Crippen LogP contribution is 2.54. The van der Waals surface area contributed by atoms with Crippen molar-refractivity contribution in [2.75, 3.05) is 4.90 Å². The van der Waals surface area contributed by atoms with E-state index in [9.17, 15) is 0 Å². The fourth-order valence-electron chi connectivity index (χ4n) is 7.00. The molecule has 0 aliphatic carbocycles. The highest BCUT2D eigenvalue weighted by molar-refractivity contribution is 7.25. The molecule has 0 bridgehead atoms. The van der Waals surface area contributed by atoms with Crippen LogP contribution in [0, 0.1) is 0 Å². The van der Waals surface area contributed by atoms with Crippen molar-refractivity contribution in [3.05, 3.63) is 151 Å². The molecule has 0 saturated heterocycles. The monoisotopic (exact) mass is 595 g/mol. The van der Waals surface area contributed by atoms with Gasteiger partial charge in [0.25, 0.3) is 0 Å². The second kappa shape index (κ2) is 9.85. The zero-order valence-electron chi connectivity index (χ0n) is 25.0. The van der Waals surface area contributed by atoms with E-state index < -0.39 is 0 Å². The molecule has 9 rings (SSSR count). The molecule has 1 aliphatic rings. The van der Waals surface area contributed by atoms with Crippen LogP contribution in [-0.2, 0) is 5.41 Å². The summed E-state index contributed by atoms with van der Waals surface area (Å²) in [5.74, 6) is 0.722. The van der Waals surface area contributed by atoms with Crippen molar-refractivity contribution in [3.63, 3.8) is 0 Å². The molecular formula is C41H29N3S. The number of thiophene rings is 1. The summed E-state index contributed by atoms with van der Waals surface area (Å²) in [7, 11) is 0. The molecule has 214 valence electrons. The SMILES string of the molecule is CC1(C)c2ccccc2N(c2cccc(-c3nc(-c4ccccc4)c4ccccc4n3)c2)c2cc3sc4ccccc4c3cc21. The summed E-state index contributed by atoms with van der Waals surface area (Å²) in [5, 5.41) is 3.71. The van der Waals surface area contributed by atoms with Gasteiger partial charge in [0.2, 0.25) is 0 Å². The van der Waals surface area contributed by atoms with Crippen molar-refractivity contribution in [2.24, 2.45) is 0 Å². The first-order valence-corrected chi connectivity index (χ1v) is 16.2. The predicted molar refractivity (Wildman–Crippen MR) is 190 cm³/mol. The van der Waals surface area contributed by atoms with E-state index in [4.69, 9.17) is 9.97 Å². The topological polar surface area (TPSA) is 29.0 Å². The number of anilines is 3. The third-order valence-corrected chi connectivity index (χ3v) is 10.4. The van der Waals surface area contributed by atoms with Crippen LogP contribution in [0.3, 0.4) is 0 Å². The van der Waals surface area contributed by atoms with Crippen LogP contribution in [0.4, 0.5) is 17.1 Å². The Hall–Kier alpha value is -5.32. The molecule has 8 aromatic rings. The predicted octanol–water partition coefficient (Wildman–Crippen LogP) is 11.4. The van der Waals surface area contributed by atoms with Crippen LogP contribution >= 0.6 is 11.3 Å². The normalized spacial score (nSPS) is 13.7. The Labute approximate surface area is 266 Å². The molecule has 1 aliphatic heterocycles. The molecule has 0 amide bonds. The standard InChI is InChI=1S/C41H29N3S/c1-41(2)32-19-8-10-21-35(32)44(36-25-38-31(24-33(36)41)29-17-7-11-22-37(29)45-38)28-16-12-15-27(23-28)40-42-34-20-9-6-18-30(34)39(43-40)26-13-4-3-5-14-26/h3-25H,1-2H3. The van der Waals surface area contributed by atoms with E-state index in [-0.39, 0.29) is 5.41 Å². The molecule has 0 unspecified atom stereocenters. The lowest BCUT2D eigenvalue weighted by Gasteiger charge is -2.42. The minimum Gasteiger partial charge on any atom is -0.310 e. The van der Waals surface area contributed by atoms with Crippen LogP contribution in [0.15, 0.2) is 140 Å². The van der Waals surface area contributed by atoms with E-state index in [1.165, 1.54) is 42.7 Å². The molecule has 0 spiro atoms. The van der Waals surface area contributed by atoms with E-state index in [1.54, 1.807) is 0 Å². The number of para-hydroxylation sites is 2. The van der Waals surface area contributed by atoms with E-state index in [0.717, 1.165) is 39.2 Å². The molecule has 45 heavy (non-hydrogen) atoms. The van der Waals surface area contributed by atoms with Crippen LogP contribution in [0.5, 0.6) is 0 Å². The molecule has 4 heteroatoms. The van der Waals surface area contributed by atoms with Gasteiger partial charge in [0, 0.05) is 47.8 Å². The highest BCUT2D eigenvalue weighted by atomic mass is 32.1. The van der Waals surface area contributed by atoms with E-state index in [2.05, 4.69) is 146 Å². The Morgan fingerprint density at radius 2 is 1.27 bits per heavy atom. The molecule has 0 N–H and O–H groups in total. The number of rotatable bonds is 3. The van der Waals surface area contributed by atoms with Crippen LogP contribution in [0.2, 0.25) is 0 Å². The Morgan fingerprint density at radius 1 is 0.533 bits per heavy atom. The summed E-state index contributed by atoms with van der Waals surface area (Å²) in [4.78, 5) is 12.7. The third kappa shape index (κ3) is 4.03. The Bertz CT molecular complexity index is 2420. The third-order valence-electron chi connectivity index (χ3n) is 9.24. The van der Waals surface area contributed by atoms with Crippen molar-refractivity contribution < 1.29 is 0 Å². The number of nitrogens with zero attached hydrogens (tertiary/aromatic N) is 3. The number of hydrogen-bond acceptors (Lipinski definition) is 4. The van der Waals surface area contributed by atoms with E-state index in [0.29, 0.717) is 0 Å². The molecule has 2 aromatic heterocycles. The van der Waals surface area contributed by atoms with Crippen molar-refractivity contribution in [1.29, 1.82) is 0 Å². The number of fused-ring (bicyclic) bond motifs is 6. The summed E-state index contributed by atoms with van der Waals surface area (Å²) < 4.78 is 2.62. The minimum atomic E-state index is -0.163. The molecule has 0 saturated carbocycles. The molecule has 0 radical (unpaired) electrons. The van der Waals surface area contributed by atoms with Crippen LogP contribution < -0.4 is 4.90 Å². The summed E-state index contributed by atoms with van der Waals surface area (Å²) in [6, 6.07) is 49.8. The van der Waals surface area contributed by atoms with Gasteiger partial charge in [0.15, 0.2) is 5.82 Å². The quantitative estimate of drug-likeness (QED) is 0.203. The lowest BCUT2D eigenvalue weighted by molar-refractivity contribution is 0.633. The number of benzene rings is 6. The maximum Gasteiger partial charge on any atom is 0.160 e. The van der Waals surface area contributed by atoms with Gasteiger partial charge in [-0.3, -0.25) is 0 Å². The first-order valence-electron chi connectivity index (χ1n) is 15.3. The average Bonchev–Trinajstić information content (AvgIpc) is 3.45. The largest absolute Gasteiger partial charge is 0.310 e. The molecule has 0 fully saturated rings. The van der Waals surface area contributed by atoms with Gasteiger partial charge in [-0.1, -0.05) is 111 Å². The fraction of sp³-hybridized carbons (Fsp3) is 0.0732. The summed E-state index contributed by atoms with van der Waals surface area (Å²) in [6.07, 6.45) is 0. The lowest BCUT2D eigenvalue weighted by Crippen LogP contribution is -2.30. The molecular weight excluding hydrogens is 567 g/mol. The average molecular weight is 596 g/mol. The van der Waals surface area contributed by atoms with Gasteiger partial charge in [-0.05, 0) is 53.6 Å². The van der Waals surface area contributed by atoms with Gasteiger partial charge < -0.3 is 4.90 Å². The second-order valence-corrected chi connectivity index (χ2v) is 13.4. The molecule has 3 heterocycles. The van der Waals surface area contributed by atoms with Crippen molar-refractivity contribution >= 4 is 59.5 Å². The molecule has 3 nitrogen and oxygen atoms in total. The van der Waals surface area contributed by atoms with Crippen LogP contribution in [0.1, 0.15) is 25.0 Å². The van der Waals surface area contributed by atoms with E-state index >= 15 is 0 Å². The van der Waals surface area contributed by atoms with Gasteiger partial charge in [0.1, 0.15) is 0 Å². The van der Waals surface area contributed by atoms with Gasteiger partial charge in [-0.25, -0.2) is 9.97 Å². The van der Waals surface area contributed by atoms with Crippen molar-refractivity contribution in [3.8, 4) is 22.6 Å². The Balaban J connectivity index is 1.27. The van der Waals surface area contributed by atoms with Crippen molar-refractivity contribution in [1.82, 2.24) is 9.97 Å². The van der Waals surface area contributed by atoms with Gasteiger partial charge in [0.05, 0.1) is 22.6 Å². The Morgan fingerprint density at radius 3 is 2.16 bits per heavy atom. The molecule has 6 aromatic carbocycles. The maximum atomic E-state index is 5.18. The van der Waals surface area contributed by atoms with E-state index in [1.807, 2.05) is 23.5 Å². The second-order valence-electron chi connectivity index (χ2n) is 12.3. The molecule has 0 atom stereocenters. The van der Waals surface area contributed by atoms with Gasteiger partial charge >= 0.3 is 0 Å². The zero-order valence-corrected chi connectivity index (χ0v) is 25.8. The van der Waals surface area contributed by atoms with Crippen LogP contribution in [0.25, 0.3) is 53.7 Å². The zero-order chi connectivity index (χ0) is 30.1.